The molecule has 0 spiro atoms. The average Bonchev–Trinajstić information content (AvgIpc) is 2.78. The van der Waals surface area contributed by atoms with E-state index in [2.05, 4.69) is 23.5 Å². The molecule has 1 aliphatic carbocycles. The highest BCUT2D eigenvalue weighted by atomic mass is 16.5. The lowest BCUT2D eigenvalue weighted by atomic mass is 10.1. The zero-order valence-electron chi connectivity index (χ0n) is 10.7. The van der Waals surface area contributed by atoms with E-state index >= 15 is 0 Å². The van der Waals surface area contributed by atoms with Gasteiger partial charge in [-0.25, -0.2) is 0 Å². The van der Waals surface area contributed by atoms with Crippen LogP contribution in [0.25, 0.3) is 0 Å². The Bertz CT molecular complexity index is 365. The third-order valence-corrected chi connectivity index (χ3v) is 3.33. The Morgan fingerprint density at radius 1 is 1.35 bits per heavy atom. The highest BCUT2D eigenvalue weighted by molar-refractivity contribution is 5.45. The predicted octanol–water partition coefficient (Wildman–Crippen LogP) is 2.31. The Morgan fingerprint density at radius 3 is 3.00 bits per heavy atom. The minimum atomic E-state index is 0.493. The van der Waals surface area contributed by atoms with E-state index in [1.807, 2.05) is 7.05 Å². The maximum atomic E-state index is 5.84. The zero-order chi connectivity index (χ0) is 12.1. The van der Waals surface area contributed by atoms with Crippen LogP contribution in [0.5, 0.6) is 5.75 Å². The van der Waals surface area contributed by atoms with E-state index < -0.39 is 0 Å². The molecule has 0 aliphatic heterocycles. The standard InChI is InChI=1S/C14H21NO2/c1-15-13-8-7-12-11(13)5-3-6-14(12)17-10-4-9-16-2/h3,5-6,13,15H,4,7-10H2,1-2H3. The molecule has 17 heavy (non-hydrogen) atoms. The summed E-state index contributed by atoms with van der Waals surface area (Å²) in [5.41, 5.74) is 2.78. The maximum absolute atomic E-state index is 5.84. The molecule has 3 nitrogen and oxygen atoms in total. The number of rotatable bonds is 6. The van der Waals surface area contributed by atoms with Gasteiger partial charge in [0.1, 0.15) is 5.75 Å². The van der Waals surface area contributed by atoms with Gasteiger partial charge in [0.05, 0.1) is 6.61 Å². The Labute approximate surface area is 103 Å². The molecule has 94 valence electrons. The molecule has 0 bridgehead atoms. The van der Waals surface area contributed by atoms with Gasteiger partial charge in [0.2, 0.25) is 0 Å². The number of fused-ring (bicyclic) bond motifs is 1. The van der Waals surface area contributed by atoms with E-state index in [0.29, 0.717) is 6.04 Å². The van der Waals surface area contributed by atoms with Crippen LogP contribution in [0.1, 0.15) is 30.0 Å². The molecule has 3 heteroatoms. The van der Waals surface area contributed by atoms with Crippen LogP contribution in [0.4, 0.5) is 0 Å². The summed E-state index contributed by atoms with van der Waals surface area (Å²) >= 11 is 0. The van der Waals surface area contributed by atoms with Gasteiger partial charge < -0.3 is 14.8 Å². The van der Waals surface area contributed by atoms with E-state index in [4.69, 9.17) is 9.47 Å². The minimum Gasteiger partial charge on any atom is -0.493 e. The second-order valence-corrected chi connectivity index (χ2v) is 4.40. The molecule has 0 heterocycles. The number of methoxy groups -OCH3 is 1. The van der Waals surface area contributed by atoms with Crippen molar-refractivity contribution in [1.29, 1.82) is 0 Å². The van der Waals surface area contributed by atoms with Crippen molar-refractivity contribution >= 4 is 0 Å². The topological polar surface area (TPSA) is 30.5 Å². The van der Waals surface area contributed by atoms with Gasteiger partial charge in [-0.2, -0.15) is 0 Å². The summed E-state index contributed by atoms with van der Waals surface area (Å²) in [6.07, 6.45) is 3.22. The minimum absolute atomic E-state index is 0.493. The lowest BCUT2D eigenvalue weighted by Crippen LogP contribution is -2.12. The number of hydrogen-bond acceptors (Lipinski definition) is 3. The normalized spacial score (nSPS) is 18.1. The zero-order valence-corrected chi connectivity index (χ0v) is 10.7. The third kappa shape index (κ3) is 2.79. The molecule has 1 aliphatic rings. The van der Waals surface area contributed by atoms with Crippen molar-refractivity contribution in [2.45, 2.75) is 25.3 Å². The van der Waals surface area contributed by atoms with Crippen LogP contribution in [0.15, 0.2) is 18.2 Å². The summed E-state index contributed by atoms with van der Waals surface area (Å²) in [6, 6.07) is 6.85. The molecular formula is C14H21NO2. The quantitative estimate of drug-likeness (QED) is 0.767. The van der Waals surface area contributed by atoms with Gasteiger partial charge in [0.15, 0.2) is 0 Å². The molecular weight excluding hydrogens is 214 g/mol. The van der Waals surface area contributed by atoms with Crippen LogP contribution in [0.2, 0.25) is 0 Å². The lowest BCUT2D eigenvalue weighted by Gasteiger charge is -2.13. The van der Waals surface area contributed by atoms with E-state index in [1.165, 1.54) is 17.5 Å². The Hall–Kier alpha value is -1.06. The maximum Gasteiger partial charge on any atom is 0.122 e. The van der Waals surface area contributed by atoms with Crippen LogP contribution in [-0.4, -0.2) is 27.4 Å². The number of benzene rings is 1. The van der Waals surface area contributed by atoms with Crippen LogP contribution < -0.4 is 10.1 Å². The van der Waals surface area contributed by atoms with Gasteiger partial charge in [-0.3, -0.25) is 0 Å². The van der Waals surface area contributed by atoms with Crippen molar-refractivity contribution in [3.63, 3.8) is 0 Å². The molecule has 0 amide bonds. The molecule has 1 N–H and O–H groups in total. The fourth-order valence-corrected chi connectivity index (χ4v) is 2.44. The van der Waals surface area contributed by atoms with E-state index in [9.17, 15) is 0 Å². The molecule has 0 radical (unpaired) electrons. The summed E-state index contributed by atoms with van der Waals surface area (Å²) in [5, 5.41) is 3.35. The monoisotopic (exact) mass is 235 g/mol. The van der Waals surface area contributed by atoms with Crippen molar-refractivity contribution in [2.75, 3.05) is 27.4 Å². The molecule has 0 aromatic heterocycles. The molecule has 2 rings (SSSR count). The molecule has 1 atom stereocenters. The van der Waals surface area contributed by atoms with Crippen molar-refractivity contribution < 1.29 is 9.47 Å². The van der Waals surface area contributed by atoms with Crippen molar-refractivity contribution in [3.8, 4) is 5.75 Å². The summed E-state index contributed by atoms with van der Waals surface area (Å²) in [5.74, 6) is 1.05. The van der Waals surface area contributed by atoms with Crippen LogP contribution >= 0.6 is 0 Å². The smallest absolute Gasteiger partial charge is 0.122 e. The highest BCUT2D eigenvalue weighted by Crippen LogP contribution is 2.36. The molecule has 0 saturated carbocycles. The van der Waals surface area contributed by atoms with E-state index in [-0.39, 0.29) is 0 Å². The largest absolute Gasteiger partial charge is 0.493 e. The van der Waals surface area contributed by atoms with Crippen LogP contribution in [-0.2, 0) is 11.2 Å². The SMILES string of the molecule is CNC1CCc2c(OCCCOC)cccc21. The van der Waals surface area contributed by atoms with Gasteiger partial charge >= 0.3 is 0 Å². The highest BCUT2D eigenvalue weighted by Gasteiger charge is 2.23. The first-order valence-corrected chi connectivity index (χ1v) is 6.27. The molecule has 0 saturated heterocycles. The fourth-order valence-electron chi connectivity index (χ4n) is 2.44. The second kappa shape index (κ2) is 6.03. The summed E-state index contributed by atoms with van der Waals surface area (Å²) in [4.78, 5) is 0. The van der Waals surface area contributed by atoms with Crippen LogP contribution in [0, 0.1) is 0 Å². The molecule has 1 unspecified atom stereocenters. The van der Waals surface area contributed by atoms with E-state index in [0.717, 1.165) is 31.8 Å². The predicted molar refractivity (Wildman–Crippen MR) is 68.6 cm³/mol. The van der Waals surface area contributed by atoms with Gasteiger partial charge in [0, 0.05) is 26.2 Å². The first kappa shape index (κ1) is 12.4. The van der Waals surface area contributed by atoms with Gasteiger partial charge in [-0.05, 0) is 37.1 Å². The van der Waals surface area contributed by atoms with Crippen molar-refractivity contribution in [3.05, 3.63) is 29.3 Å². The summed E-state index contributed by atoms with van der Waals surface area (Å²) in [7, 11) is 3.74. The third-order valence-electron chi connectivity index (χ3n) is 3.33. The second-order valence-electron chi connectivity index (χ2n) is 4.40. The van der Waals surface area contributed by atoms with Crippen molar-refractivity contribution in [1.82, 2.24) is 5.32 Å². The molecule has 0 fully saturated rings. The van der Waals surface area contributed by atoms with Gasteiger partial charge in [-0.15, -0.1) is 0 Å². The van der Waals surface area contributed by atoms with Crippen molar-refractivity contribution in [2.24, 2.45) is 0 Å². The molecule has 1 aromatic rings. The van der Waals surface area contributed by atoms with Crippen LogP contribution in [0.3, 0.4) is 0 Å². The molecule has 1 aromatic carbocycles. The number of hydrogen-bond donors (Lipinski definition) is 1. The van der Waals surface area contributed by atoms with Gasteiger partial charge in [0.25, 0.3) is 0 Å². The first-order valence-electron chi connectivity index (χ1n) is 6.27. The Kier molecular flexibility index (Phi) is 4.40. The first-order chi connectivity index (χ1) is 8.36. The Balaban J connectivity index is 2.01. The summed E-state index contributed by atoms with van der Waals surface area (Å²) < 4.78 is 10.9. The average molecular weight is 235 g/mol. The number of nitrogens with one attached hydrogen (secondary N) is 1. The number of ether oxygens (including phenoxy) is 2. The van der Waals surface area contributed by atoms with Gasteiger partial charge in [-0.1, -0.05) is 12.1 Å². The summed E-state index contributed by atoms with van der Waals surface area (Å²) in [6.45, 7) is 1.49. The van der Waals surface area contributed by atoms with E-state index in [1.54, 1.807) is 7.11 Å². The Morgan fingerprint density at radius 2 is 2.24 bits per heavy atom. The fraction of sp³-hybridized carbons (Fsp3) is 0.571. The lowest BCUT2D eigenvalue weighted by molar-refractivity contribution is 0.172.